The minimum atomic E-state index is -0.106. The normalized spacial score (nSPS) is 15.0. The molecule has 0 radical (unpaired) electrons. The highest BCUT2D eigenvalue weighted by Crippen LogP contribution is 2.41. The molecule has 0 saturated heterocycles. The molecule has 1 saturated carbocycles. The smallest absolute Gasteiger partial charge is 0.261 e. The Morgan fingerprint density at radius 1 is 1.37 bits per heavy atom. The van der Waals surface area contributed by atoms with Crippen LogP contribution in [0.2, 0.25) is 0 Å². The predicted octanol–water partition coefficient (Wildman–Crippen LogP) is 3.13. The molecule has 1 aromatic carbocycles. The Bertz CT molecular complexity index is 1050. The van der Waals surface area contributed by atoms with Gasteiger partial charge in [-0.3, -0.25) is 14.2 Å². The number of fused-ring (bicyclic) bond motifs is 1. The maximum Gasteiger partial charge on any atom is 0.261 e. The van der Waals surface area contributed by atoms with E-state index in [2.05, 4.69) is 15.3 Å². The van der Waals surface area contributed by atoms with Gasteiger partial charge < -0.3 is 5.32 Å². The van der Waals surface area contributed by atoms with Crippen molar-refractivity contribution in [1.82, 2.24) is 19.9 Å². The molecule has 140 valence electrons. The van der Waals surface area contributed by atoms with E-state index in [1.165, 1.54) is 10.9 Å². The van der Waals surface area contributed by atoms with Crippen LogP contribution < -0.4 is 10.9 Å². The molecule has 2 heterocycles. The van der Waals surface area contributed by atoms with E-state index in [1.54, 1.807) is 17.4 Å². The minimum absolute atomic E-state index is 0.00898. The van der Waals surface area contributed by atoms with Crippen LogP contribution in [0.1, 0.15) is 41.6 Å². The number of carbonyl (C=O) groups excluding carboxylic acids is 1. The van der Waals surface area contributed by atoms with E-state index in [-0.39, 0.29) is 23.9 Å². The summed E-state index contributed by atoms with van der Waals surface area (Å²) in [5.74, 6) is 0.420. The second-order valence-corrected chi connectivity index (χ2v) is 8.06. The van der Waals surface area contributed by atoms with Gasteiger partial charge in [0.2, 0.25) is 5.91 Å². The van der Waals surface area contributed by atoms with Crippen LogP contribution >= 0.6 is 11.3 Å². The van der Waals surface area contributed by atoms with Gasteiger partial charge in [0, 0.05) is 24.0 Å². The first-order valence-electron chi connectivity index (χ1n) is 9.19. The van der Waals surface area contributed by atoms with Gasteiger partial charge in [0.25, 0.3) is 5.56 Å². The topological polar surface area (TPSA) is 76.9 Å². The van der Waals surface area contributed by atoms with Gasteiger partial charge in [-0.1, -0.05) is 12.1 Å². The highest BCUT2D eigenvalue weighted by molar-refractivity contribution is 7.09. The Morgan fingerprint density at radius 2 is 2.19 bits per heavy atom. The van der Waals surface area contributed by atoms with Crippen molar-refractivity contribution in [3.63, 3.8) is 0 Å². The Labute approximate surface area is 161 Å². The second kappa shape index (κ2) is 7.23. The average molecular weight is 382 g/mol. The standard InChI is InChI=1S/C20H22N4O2S/c1-12-4-3-5-15-17(12)21-11-24(20(15)26)9-8-16(25)23-18(14-6-7-14)19-22-13(2)10-27-19/h3-5,10-11,14,18H,6-9H2,1-2H3,(H,23,25). The van der Waals surface area contributed by atoms with Crippen molar-refractivity contribution < 1.29 is 4.79 Å². The molecule has 3 aromatic rings. The monoisotopic (exact) mass is 382 g/mol. The number of nitrogens with zero attached hydrogens (tertiary/aromatic N) is 3. The van der Waals surface area contributed by atoms with E-state index >= 15 is 0 Å². The largest absolute Gasteiger partial charge is 0.347 e. The van der Waals surface area contributed by atoms with Crippen molar-refractivity contribution in [1.29, 1.82) is 0 Å². The Balaban J connectivity index is 1.45. The van der Waals surface area contributed by atoms with Crippen molar-refractivity contribution in [3.05, 3.63) is 56.5 Å². The average Bonchev–Trinajstić information content (AvgIpc) is 3.40. The SMILES string of the molecule is Cc1csc(C(NC(=O)CCn2cnc3c(C)cccc3c2=O)C2CC2)n1. The molecule has 1 amide bonds. The lowest BCUT2D eigenvalue weighted by Gasteiger charge is -2.16. The molecular formula is C20H22N4O2S. The van der Waals surface area contributed by atoms with Gasteiger partial charge in [-0.05, 0) is 44.2 Å². The number of aromatic nitrogens is 3. The second-order valence-electron chi connectivity index (χ2n) is 7.17. The fourth-order valence-corrected chi connectivity index (χ4v) is 4.23. The molecule has 4 rings (SSSR count). The number of carbonyl (C=O) groups is 1. The van der Waals surface area contributed by atoms with Crippen LogP contribution in [0, 0.1) is 19.8 Å². The number of amides is 1. The third kappa shape index (κ3) is 3.78. The van der Waals surface area contributed by atoms with Gasteiger partial charge in [0.15, 0.2) is 0 Å². The van der Waals surface area contributed by atoms with Gasteiger partial charge in [-0.2, -0.15) is 0 Å². The lowest BCUT2D eigenvalue weighted by Crippen LogP contribution is -2.31. The van der Waals surface area contributed by atoms with Gasteiger partial charge in [0.1, 0.15) is 5.01 Å². The first-order chi connectivity index (χ1) is 13.0. The number of aryl methyl sites for hydroxylation is 3. The molecule has 1 N–H and O–H groups in total. The number of rotatable bonds is 6. The Hall–Kier alpha value is -2.54. The molecule has 1 unspecified atom stereocenters. The van der Waals surface area contributed by atoms with Gasteiger partial charge in [-0.25, -0.2) is 9.97 Å². The van der Waals surface area contributed by atoms with Crippen molar-refractivity contribution in [3.8, 4) is 0 Å². The van der Waals surface area contributed by atoms with Gasteiger partial charge >= 0.3 is 0 Å². The minimum Gasteiger partial charge on any atom is -0.347 e. The van der Waals surface area contributed by atoms with Crippen molar-refractivity contribution in [2.24, 2.45) is 5.92 Å². The van der Waals surface area contributed by atoms with Crippen LogP contribution in [0.25, 0.3) is 10.9 Å². The lowest BCUT2D eigenvalue weighted by atomic mass is 10.1. The molecule has 1 fully saturated rings. The van der Waals surface area contributed by atoms with E-state index in [0.29, 0.717) is 17.8 Å². The predicted molar refractivity (Wildman–Crippen MR) is 106 cm³/mol. The van der Waals surface area contributed by atoms with Crippen LogP contribution in [0.4, 0.5) is 0 Å². The summed E-state index contributed by atoms with van der Waals surface area (Å²) in [6.45, 7) is 4.22. The highest BCUT2D eigenvalue weighted by Gasteiger charge is 2.35. The molecule has 0 bridgehead atoms. The van der Waals surface area contributed by atoms with Crippen molar-refractivity contribution in [2.45, 2.75) is 45.7 Å². The Kier molecular flexibility index (Phi) is 4.78. The van der Waals surface area contributed by atoms with Crippen LogP contribution in [0.3, 0.4) is 0 Å². The maximum atomic E-state index is 12.6. The number of hydrogen-bond acceptors (Lipinski definition) is 5. The number of para-hydroxylation sites is 1. The van der Waals surface area contributed by atoms with E-state index in [9.17, 15) is 9.59 Å². The van der Waals surface area contributed by atoms with Crippen LogP contribution in [0.15, 0.2) is 34.7 Å². The zero-order valence-electron chi connectivity index (χ0n) is 15.4. The molecule has 1 atom stereocenters. The first-order valence-corrected chi connectivity index (χ1v) is 10.1. The summed E-state index contributed by atoms with van der Waals surface area (Å²) >= 11 is 1.60. The summed E-state index contributed by atoms with van der Waals surface area (Å²) in [5.41, 5.74) is 2.57. The molecule has 7 heteroatoms. The summed E-state index contributed by atoms with van der Waals surface area (Å²) in [6, 6.07) is 5.56. The van der Waals surface area contributed by atoms with Crippen LogP contribution in [-0.4, -0.2) is 20.4 Å². The van der Waals surface area contributed by atoms with Crippen molar-refractivity contribution in [2.75, 3.05) is 0 Å². The number of nitrogens with one attached hydrogen (secondary N) is 1. The summed E-state index contributed by atoms with van der Waals surface area (Å²) in [7, 11) is 0. The maximum absolute atomic E-state index is 12.6. The van der Waals surface area contributed by atoms with Crippen molar-refractivity contribution >= 4 is 28.1 Å². The molecule has 27 heavy (non-hydrogen) atoms. The van der Waals surface area contributed by atoms with Crippen LogP contribution in [-0.2, 0) is 11.3 Å². The summed E-state index contributed by atoms with van der Waals surface area (Å²) in [4.78, 5) is 34.1. The zero-order chi connectivity index (χ0) is 19.0. The molecule has 0 spiro atoms. The molecule has 6 nitrogen and oxygen atoms in total. The molecule has 0 aliphatic heterocycles. The number of hydrogen-bond donors (Lipinski definition) is 1. The summed E-state index contributed by atoms with van der Waals surface area (Å²) in [6.07, 6.45) is 4.02. The molecule has 2 aromatic heterocycles. The zero-order valence-corrected chi connectivity index (χ0v) is 16.3. The fourth-order valence-electron chi connectivity index (χ4n) is 3.29. The molecule has 1 aliphatic carbocycles. The Morgan fingerprint density at radius 3 is 2.89 bits per heavy atom. The van der Waals surface area contributed by atoms with E-state index in [1.807, 2.05) is 31.4 Å². The lowest BCUT2D eigenvalue weighted by molar-refractivity contribution is -0.122. The quantitative estimate of drug-likeness (QED) is 0.711. The third-order valence-electron chi connectivity index (χ3n) is 4.95. The fraction of sp³-hybridized carbons (Fsp3) is 0.400. The number of benzene rings is 1. The van der Waals surface area contributed by atoms with Gasteiger partial charge in [-0.15, -0.1) is 11.3 Å². The van der Waals surface area contributed by atoms with E-state index in [4.69, 9.17) is 0 Å². The molecule has 1 aliphatic rings. The van der Waals surface area contributed by atoms with E-state index in [0.717, 1.165) is 34.6 Å². The summed E-state index contributed by atoms with van der Waals surface area (Å²) < 4.78 is 1.51. The van der Waals surface area contributed by atoms with Crippen LogP contribution in [0.5, 0.6) is 0 Å². The van der Waals surface area contributed by atoms with Gasteiger partial charge in [0.05, 0.1) is 23.3 Å². The highest BCUT2D eigenvalue weighted by atomic mass is 32.1. The number of thiazole rings is 1. The third-order valence-corrected chi connectivity index (χ3v) is 5.99. The van der Waals surface area contributed by atoms with E-state index < -0.39 is 0 Å². The first kappa shape index (κ1) is 17.9. The molecular weight excluding hydrogens is 360 g/mol. The summed E-state index contributed by atoms with van der Waals surface area (Å²) in [5, 5.41) is 6.70.